The van der Waals surface area contributed by atoms with Crippen molar-refractivity contribution in [1.82, 2.24) is 20.4 Å². The average Bonchev–Trinajstić information content (AvgIpc) is 3.36. The molecule has 2 N–H and O–H groups in total. The smallest absolute Gasteiger partial charge is 0.321 e. The molecule has 1 aliphatic carbocycles. The van der Waals surface area contributed by atoms with Crippen molar-refractivity contribution in [2.24, 2.45) is 0 Å². The molecule has 2 heterocycles. The number of piperazine rings is 1. The van der Waals surface area contributed by atoms with Crippen LogP contribution in [-0.4, -0.2) is 53.3 Å². The third kappa shape index (κ3) is 5.12. The Balaban J connectivity index is 1.24. The van der Waals surface area contributed by atoms with Crippen LogP contribution in [-0.2, 0) is 6.54 Å². The van der Waals surface area contributed by atoms with Gasteiger partial charge in [0.1, 0.15) is 0 Å². The highest BCUT2D eigenvalue weighted by Crippen LogP contribution is 2.25. The van der Waals surface area contributed by atoms with E-state index in [0.29, 0.717) is 11.2 Å². The first-order chi connectivity index (χ1) is 13.7. The molecule has 2 aromatic rings. The maximum absolute atomic E-state index is 12.1. The van der Waals surface area contributed by atoms with Gasteiger partial charge in [-0.25, -0.2) is 4.79 Å². The summed E-state index contributed by atoms with van der Waals surface area (Å²) in [6, 6.07) is 8.14. The van der Waals surface area contributed by atoms with Gasteiger partial charge in [-0.2, -0.15) is 0 Å². The second-order valence-electron chi connectivity index (χ2n) is 7.36. The molecular weight excluding hydrogens is 396 g/mol. The molecule has 2 fully saturated rings. The number of halogens is 1. The normalized spacial score (nSPS) is 18.4. The molecule has 1 saturated heterocycles. The van der Waals surface area contributed by atoms with Crippen LogP contribution in [0.4, 0.5) is 15.1 Å². The summed E-state index contributed by atoms with van der Waals surface area (Å²) in [4.78, 5) is 16.7. The highest BCUT2D eigenvalue weighted by molar-refractivity contribution is 7.19. The number of hydrogen-bond donors (Lipinski definition) is 2. The second-order valence-corrected chi connectivity index (χ2v) is 8.75. The number of anilines is 2. The lowest BCUT2D eigenvalue weighted by atomic mass is 10.2. The predicted octanol–water partition coefficient (Wildman–Crippen LogP) is 3.58. The number of amides is 2. The molecule has 1 aliphatic heterocycles. The summed E-state index contributed by atoms with van der Waals surface area (Å²) in [6.07, 6.45) is 4.51. The van der Waals surface area contributed by atoms with Gasteiger partial charge in [0, 0.05) is 43.8 Å². The Kier molecular flexibility index (Phi) is 6.29. The van der Waals surface area contributed by atoms with E-state index in [4.69, 9.17) is 11.6 Å². The van der Waals surface area contributed by atoms with Crippen LogP contribution in [0.3, 0.4) is 0 Å². The van der Waals surface area contributed by atoms with Crippen molar-refractivity contribution in [3.63, 3.8) is 0 Å². The lowest BCUT2D eigenvalue weighted by Gasteiger charge is -2.34. The van der Waals surface area contributed by atoms with Gasteiger partial charge in [0.05, 0.1) is 0 Å². The van der Waals surface area contributed by atoms with Crippen LogP contribution in [0, 0.1) is 0 Å². The highest BCUT2D eigenvalue weighted by Gasteiger charge is 2.21. The first-order valence-corrected chi connectivity index (χ1v) is 11.0. The Morgan fingerprint density at radius 1 is 1.11 bits per heavy atom. The van der Waals surface area contributed by atoms with E-state index in [-0.39, 0.29) is 6.03 Å². The van der Waals surface area contributed by atoms with E-state index in [1.54, 1.807) is 0 Å². The zero-order valence-electron chi connectivity index (χ0n) is 15.7. The second kappa shape index (κ2) is 9.07. The lowest BCUT2D eigenvalue weighted by molar-refractivity contribution is 0.248. The number of rotatable bonds is 5. The molecule has 1 saturated carbocycles. The molecule has 0 spiro atoms. The van der Waals surface area contributed by atoms with Crippen LogP contribution in [0.25, 0.3) is 0 Å². The van der Waals surface area contributed by atoms with Crippen LogP contribution < -0.4 is 15.5 Å². The van der Waals surface area contributed by atoms with E-state index in [1.807, 2.05) is 12.1 Å². The fourth-order valence-electron chi connectivity index (χ4n) is 3.73. The van der Waals surface area contributed by atoms with Crippen molar-refractivity contribution in [3.8, 4) is 0 Å². The third-order valence-electron chi connectivity index (χ3n) is 5.29. The lowest BCUT2D eigenvalue weighted by Crippen LogP contribution is -2.45. The zero-order valence-corrected chi connectivity index (χ0v) is 17.3. The molecule has 0 radical (unpaired) electrons. The van der Waals surface area contributed by atoms with Gasteiger partial charge in [0.15, 0.2) is 0 Å². The number of hydrogen-bond acceptors (Lipinski definition) is 6. The number of aromatic nitrogens is 2. The van der Waals surface area contributed by atoms with Crippen LogP contribution in [0.5, 0.6) is 0 Å². The minimum Gasteiger partial charge on any atom is -0.344 e. The molecule has 2 amide bonds. The standard InChI is InChI=1S/C19H25ClN6OS/c20-15-7-5-14(6-8-15)13-25-9-11-26(12-10-25)19-24-23-18(28-19)22-17(27)21-16-3-1-2-4-16/h5-8,16H,1-4,9-13H2,(H2,21,22,23,27). The van der Waals surface area contributed by atoms with Gasteiger partial charge in [0.25, 0.3) is 0 Å². The van der Waals surface area contributed by atoms with Crippen molar-refractivity contribution in [2.45, 2.75) is 38.3 Å². The van der Waals surface area contributed by atoms with Crippen LogP contribution >= 0.6 is 22.9 Å². The van der Waals surface area contributed by atoms with Crippen LogP contribution in [0.2, 0.25) is 5.02 Å². The van der Waals surface area contributed by atoms with Gasteiger partial charge in [-0.05, 0) is 30.5 Å². The molecule has 1 aromatic heterocycles. The fourth-order valence-corrected chi connectivity index (χ4v) is 4.65. The Labute approximate surface area is 174 Å². The summed E-state index contributed by atoms with van der Waals surface area (Å²) in [6.45, 7) is 4.66. The molecule has 4 rings (SSSR count). The minimum atomic E-state index is -0.178. The van der Waals surface area contributed by atoms with Crippen molar-refractivity contribution in [2.75, 3.05) is 36.4 Å². The highest BCUT2D eigenvalue weighted by atomic mass is 35.5. The predicted molar refractivity (Wildman–Crippen MR) is 113 cm³/mol. The SMILES string of the molecule is O=C(Nc1nnc(N2CCN(Cc3ccc(Cl)cc3)CC2)s1)NC1CCCC1. The summed E-state index contributed by atoms with van der Waals surface area (Å²) in [7, 11) is 0. The largest absolute Gasteiger partial charge is 0.344 e. The molecule has 1 aromatic carbocycles. The number of urea groups is 1. The van der Waals surface area contributed by atoms with Gasteiger partial charge < -0.3 is 10.2 Å². The van der Waals surface area contributed by atoms with E-state index in [1.165, 1.54) is 29.7 Å². The number of carbonyl (C=O) groups is 1. The summed E-state index contributed by atoms with van der Waals surface area (Å²) in [5, 5.41) is 16.4. The molecule has 9 heteroatoms. The van der Waals surface area contributed by atoms with Gasteiger partial charge in [-0.1, -0.05) is 47.9 Å². The van der Waals surface area contributed by atoms with Crippen molar-refractivity contribution in [3.05, 3.63) is 34.9 Å². The maximum atomic E-state index is 12.1. The first-order valence-electron chi connectivity index (χ1n) is 9.78. The summed E-state index contributed by atoms with van der Waals surface area (Å²) >= 11 is 7.39. The molecule has 0 unspecified atom stereocenters. The van der Waals surface area contributed by atoms with Crippen molar-refractivity contribution in [1.29, 1.82) is 0 Å². The Hall–Kier alpha value is -1.90. The fraction of sp³-hybridized carbons (Fsp3) is 0.526. The van der Waals surface area contributed by atoms with E-state index in [0.717, 1.165) is 55.7 Å². The van der Waals surface area contributed by atoms with Gasteiger partial charge in [-0.3, -0.25) is 10.2 Å². The molecule has 0 atom stereocenters. The van der Waals surface area contributed by atoms with E-state index in [9.17, 15) is 4.79 Å². The monoisotopic (exact) mass is 420 g/mol. The van der Waals surface area contributed by atoms with Crippen molar-refractivity contribution < 1.29 is 4.79 Å². The molecule has 150 valence electrons. The topological polar surface area (TPSA) is 73.4 Å². The van der Waals surface area contributed by atoms with Crippen LogP contribution in [0.15, 0.2) is 24.3 Å². The molecule has 7 nitrogen and oxygen atoms in total. The molecule has 0 bridgehead atoms. The first kappa shape index (κ1) is 19.4. The van der Waals surface area contributed by atoms with Gasteiger partial charge >= 0.3 is 6.03 Å². The quantitative estimate of drug-likeness (QED) is 0.773. The number of nitrogens with zero attached hydrogens (tertiary/aromatic N) is 4. The molecular formula is C19H25ClN6OS. The van der Waals surface area contributed by atoms with E-state index in [2.05, 4.69) is 42.8 Å². The summed E-state index contributed by atoms with van der Waals surface area (Å²) in [5.41, 5.74) is 1.27. The minimum absolute atomic E-state index is 0.178. The van der Waals surface area contributed by atoms with Gasteiger partial charge in [0.2, 0.25) is 10.3 Å². The zero-order chi connectivity index (χ0) is 19.3. The number of nitrogens with one attached hydrogen (secondary N) is 2. The number of carbonyl (C=O) groups excluding carboxylic acids is 1. The Bertz CT molecular complexity index is 784. The third-order valence-corrected chi connectivity index (χ3v) is 6.44. The van der Waals surface area contributed by atoms with E-state index >= 15 is 0 Å². The van der Waals surface area contributed by atoms with Crippen LogP contribution in [0.1, 0.15) is 31.2 Å². The summed E-state index contributed by atoms with van der Waals surface area (Å²) in [5.74, 6) is 0. The molecule has 28 heavy (non-hydrogen) atoms. The Morgan fingerprint density at radius 3 is 2.54 bits per heavy atom. The molecule has 2 aliphatic rings. The number of benzene rings is 1. The van der Waals surface area contributed by atoms with Crippen molar-refractivity contribution >= 4 is 39.2 Å². The maximum Gasteiger partial charge on any atom is 0.321 e. The Morgan fingerprint density at radius 2 is 1.82 bits per heavy atom. The van der Waals surface area contributed by atoms with Gasteiger partial charge in [-0.15, -0.1) is 10.2 Å². The van der Waals surface area contributed by atoms with E-state index < -0.39 is 0 Å². The summed E-state index contributed by atoms with van der Waals surface area (Å²) < 4.78 is 0. The average molecular weight is 421 g/mol.